The van der Waals surface area contributed by atoms with E-state index in [9.17, 15) is 9.18 Å². The highest BCUT2D eigenvalue weighted by Crippen LogP contribution is 2.25. The third-order valence-electron chi connectivity index (χ3n) is 4.44. The second-order valence-electron chi connectivity index (χ2n) is 6.59. The number of aryl methyl sites for hydroxylation is 1. The van der Waals surface area contributed by atoms with Gasteiger partial charge < -0.3 is 14.6 Å². The van der Waals surface area contributed by atoms with E-state index >= 15 is 0 Å². The Bertz CT molecular complexity index is 874. The van der Waals surface area contributed by atoms with Gasteiger partial charge in [0.1, 0.15) is 17.3 Å². The summed E-state index contributed by atoms with van der Waals surface area (Å²) < 4.78 is 19.5. The van der Waals surface area contributed by atoms with Gasteiger partial charge in [-0.1, -0.05) is 12.1 Å². The van der Waals surface area contributed by atoms with Gasteiger partial charge in [-0.25, -0.2) is 4.39 Å². The number of carbonyl (C=O) groups is 1. The highest BCUT2D eigenvalue weighted by atomic mass is 32.1. The summed E-state index contributed by atoms with van der Waals surface area (Å²) in [7, 11) is 4.00. The molecule has 0 unspecified atom stereocenters. The molecule has 2 heterocycles. The number of nitrogens with one attached hydrogen (secondary N) is 1. The van der Waals surface area contributed by atoms with Gasteiger partial charge in [0, 0.05) is 19.4 Å². The van der Waals surface area contributed by atoms with Crippen LogP contribution in [0.3, 0.4) is 0 Å². The first kappa shape index (κ1) is 19.3. The van der Waals surface area contributed by atoms with E-state index in [1.165, 1.54) is 11.6 Å². The predicted molar refractivity (Wildman–Crippen MR) is 106 cm³/mol. The van der Waals surface area contributed by atoms with Gasteiger partial charge in [0.2, 0.25) is 5.91 Å². The number of benzene rings is 1. The molecule has 3 aromatic rings. The van der Waals surface area contributed by atoms with Crippen LogP contribution >= 0.6 is 11.3 Å². The summed E-state index contributed by atoms with van der Waals surface area (Å²) in [6, 6.07) is 12.3. The molecular weight excluding hydrogens is 363 g/mol. The molecule has 3 rings (SSSR count). The number of halogens is 1. The largest absolute Gasteiger partial charge is 0.461 e. The Morgan fingerprint density at radius 2 is 2.04 bits per heavy atom. The van der Waals surface area contributed by atoms with Crippen molar-refractivity contribution < 1.29 is 13.6 Å². The van der Waals surface area contributed by atoms with E-state index in [2.05, 4.69) is 21.7 Å². The fraction of sp³-hybridized carbons (Fsp3) is 0.286. The zero-order chi connectivity index (χ0) is 19.2. The number of nitrogens with zero attached hydrogens (tertiary/aromatic N) is 1. The number of carbonyl (C=O) groups excluding carboxylic acids is 1. The van der Waals surface area contributed by atoms with Crippen LogP contribution in [-0.2, 0) is 11.2 Å². The average Bonchev–Trinajstić information content (AvgIpc) is 3.32. The maximum absolute atomic E-state index is 13.8. The van der Waals surface area contributed by atoms with Gasteiger partial charge in [-0.15, -0.1) is 0 Å². The molecule has 1 aromatic carbocycles. The topological polar surface area (TPSA) is 45.5 Å². The quantitative estimate of drug-likeness (QED) is 0.620. The van der Waals surface area contributed by atoms with Gasteiger partial charge >= 0.3 is 0 Å². The summed E-state index contributed by atoms with van der Waals surface area (Å²) >= 11 is 1.65. The number of thiophene rings is 1. The van der Waals surface area contributed by atoms with Crippen LogP contribution in [0.1, 0.15) is 23.8 Å². The average molecular weight is 386 g/mol. The molecule has 0 saturated carbocycles. The van der Waals surface area contributed by atoms with E-state index < -0.39 is 0 Å². The van der Waals surface area contributed by atoms with E-state index in [1.807, 2.05) is 19.5 Å². The summed E-state index contributed by atoms with van der Waals surface area (Å²) in [5.41, 5.74) is 1.63. The Balaban J connectivity index is 1.52. The lowest BCUT2D eigenvalue weighted by atomic mass is 10.1. The molecule has 2 aromatic heterocycles. The zero-order valence-electron chi connectivity index (χ0n) is 15.4. The number of hydrogen-bond acceptors (Lipinski definition) is 4. The van der Waals surface area contributed by atoms with Crippen molar-refractivity contribution in [3.8, 4) is 11.3 Å². The van der Waals surface area contributed by atoms with Gasteiger partial charge in [-0.05, 0) is 60.8 Å². The lowest BCUT2D eigenvalue weighted by Crippen LogP contribution is -2.34. The molecule has 1 atom stereocenters. The summed E-state index contributed by atoms with van der Waals surface area (Å²) in [6.45, 7) is 0.557. The summed E-state index contributed by atoms with van der Waals surface area (Å²) in [4.78, 5) is 14.3. The van der Waals surface area contributed by atoms with Crippen LogP contribution in [0.2, 0.25) is 0 Å². The van der Waals surface area contributed by atoms with E-state index in [0.717, 1.165) is 0 Å². The number of hydrogen-bond donors (Lipinski definition) is 1. The van der Waals surface area contributed by atoms with Crippen LogP contribution in [0.5, 0.6) is 0 Å². The first-order valence-corrected chi connectivity index (χ1v) is 9.77. The number of rotatable bonds is 8. The molecule has 0 aliphatic rings. The van der Waals surface area contributed by atoms with E-state index in [0.29, 0.717) is 36.5 Å². The second-order valence-corrected chi connectivity index (χ2v) is 7.37. The maximum Gasteiger partial charge on any atom is 0.220 e. The normalized spacial score (nSPS) is 12.3. The Labute approximate surface area is 162 Å². The summed E-state index contributed by atoms with van der Waals surface area (Å²) in [5, 5.41) is 7.13. The minimum Gasteiger partial charge on any atom is -0.461 e. The zero-order valence-corrected chi connectivity index (χ0v) is 16.3. The minimum atomic E-state index is -0.320. The van der Waals surface area contributed by atoms with Crippen molar-refractivity contribution in [2.24, 2.45) is 0 Å². The molecule has 0 spiro atoms. The first-order valence-electron chi connectivity index (χ1n) is 8.83. The van der Waals surface area contributed by atoms with Crippen molar-refractivity contribution in [3.63, 3.8) is 0 Å². The first-order chi connectivity index (χ1) is 13.0. The second kappa shape index (κ2) is 8.97. The molecule has 142 valence electrons. The number of amides is 1. The van der Waals surface area contributed by atoms with Gasteiger partial charge in [-0.2, -0.15) is 11.3 Å². The minimum absolute atomic E-state index is 0.0269. The Hall–Kier alpha value is -2.44. The van der Waals surface area contributed by atoms with Crippen molar-refractivity contribution in [1.29, 1.82) is 0 Å². The fourth-order valence-corrected chi connectivity index (χ4v) is 3.62. The van der Waals surface area contributed by atoms with Crippen LogP contribution in [0, 0.1) is 5.82 Å². The Morgan fingerprint density at radius 1 is 1.22 bits per heavy atom. The summed E-state index contributed by atoms with van der Waals surface area (Å²) in [6.07, 6.45) is 0.805. The smallest absolute Gasteiger partial charge is 0.220 e. The van der Waals surface area contributed by atoms with E-state index in [-0.39, 0.29) is 17.8 Å². The van der Waals surface area contributed by atoms with E-state index in [4.69, 9.17) is 4.42 Å². The monoisotopic (exact) mass is 386 g/mol. The van der Waals surface area contributed by atoms with Crippen LogP contribution in [-0.4, -0.2) is 31.4 Å². The maximum atomic E-state index is 13.8. The molecule has 0 aliphatic heterocycles. The SMILES string of the molecule is CN(C)[C@H](CNC(=O)CCc1ccc(-c2ccccc2F)o1)c1ccsc1. The summed E-state index contributed by atoms with van der Waals surface area (Å²) in [5.74, 6) is 0.805. The molecule has 1 N–H and O–H groups in total. The van der Waals surface area contributed by atoms with Crippen molar-refractivity contribution >= 4 is 17.2 Å². The van der Waals surface area contributed by atoms with Crippen LogP contribution in [0.4, 0.5) is 4.39 Å². The van der Waals surface area contributed by atoms with Gasteiger partial charge in [0.15, 0.2) is 0 Å². The fourth-order valence-electron chi connectivity index (χ4n) is 2.92. The van der Waals surface area contributed by atoms with E-state index in [1.54, 1.807) is 41.7 Å². The van der Waals surface area contributed by atoms with Crippen LogP contribution in [0.25, 0.3) is 11.3 Å². The van der Waals surface area contributed by atoms with Gasteiger partial charge in [0.05, 0.1) is 11.6 Å². The lowest BCUT2D eigenvalue weighted by Gasteiger charge is -2.24. The lowest BCUT2D eigenvalue weighted by molar-refractivity contribution is -0.121. The molecular formula is C21H23FN2O2S. The third kappa shape index (κ3) is 5.05. The highest BCUT2D eigenvalue weighted by Gasteiger charge is 2.16. The van der Waals surface area contributed by atoms with Crippen LogP contribution < -0.4 is 5.32 Å². The Morgan fingerprint density at radius 3 is 2.74 bits per heavy atom. The predicted octanol–water partition coefficient (Wildman–Crippen LogP) is 4.50. The number of likely N-dealkylation sites (N-methyl/N-ethyl adjacent to an activating group) is 1. The molecule has 27 heavy (non-hydrogen) atoms. The molecule has 1 amide bonds. The van der Waals surface area contributed by atoms with Crippen LogP contribution in [0.15, 0.2) is 57.6 Å². The molecule has 0 bridgehead atoms. The highest BCUT2D eigenvalue weighted by molar-refractivity contribution is 7.07. The van der Waals surface area contributed by atoms with Crippen molar-refractivity contribution in [2.75, 3.05) is 20.6 Å². The molecule has 4 nitrogen and oxygen atoms in total. The molecule has 6 heteroatoms. The Kier molecular flexibility index (Phi) is 6.42. The van der Waals surface area contributed by atoms with Crippen molar-refractivity contribution in [1.82, 2.24) is 10.2 Å². The molecule has 0 fully saturated rings. The van der Waals surface area contributed by atoms with Crippen molar-refractivity contribution in [2.45, 2.75) is 18.9 Å². The van der Waals surface area contributed by atoms with Crippen molar-refractivity contribution in [3.05, 3.63) is 70.4 Å². The van der Waals surface area contributed by atoms with Gasteiger partial charge in [0.25, 0.3) is 0 Å². The molecule has 0 saturated heterocycles. The molecule has 0 aliphatic carbocycles. The standard InChI is InChI=1S/C21H23FN2O2S/c1-24(2)19(15-11-12-27-14-15)13-23-21(25)10-8-16-7-9-20(26-16)17-5-3-4-6-18(17)22/h3-7,9,11-12,14,19H,8,10,13H2,1-2H3,(H,23,25)/t19-/m1/s1. The van der Waals surface area contributed by atoms with Gasteiger partial charge in [-0.3, -0.25) is 4.79 Å². The molecule has 0 radical (unpaired) electrons. The third-order valence-corrected chi connectivity index (χ3v) is 5.14. The number of furan rings is 1.